The molecule has 1 heterocycles. The fraction of sp³-hybridized carbons (Fsp3) is 0.444. The van der Waals surface area contributed by atoms with Crippen molar-refractivity contribution >= 4 is 5.97 Å². The van der Waals surface area contributed by atoms with Gasteiger partial charge in [0, 0.05) is 12.7 Å². The van der Waals surface area contributed by atoms with Crippen molar-refractivity contribution in [1.29, 1.82) is 0 Å². The SMILES string of the molecule is COc1cccc(C(NCc2nc3c(n2C)CCCC3)C(=O)O)c1. The molecule has 0 radical (unpaired) electrons. The maximum atomic E-state index is 11.7. The number of aryl methyl sites for hydroxylation is 1. The molecule has 3 rings (SSSR count). The Labute approximate surface area is 141 Å². The molecule has 2 N–H and O–H groups in total. The number of fused-ring (bicyclic) bond motifs is 1. The van der Waals surface area contributed by atoms with E-state index in [-0.39, 0.29) is 0 Å². The van der Waals surface area contributed by atoms with Gasteiger partial charge in [-0.05, 0) is 43.4 Å². The van der Waals surface area contributed by atoms with E-state index in [1.54, 1.807) is 31.4 Å². The van der Waals surface area contributed by atoms with Crippen molar-refractivity contribution in [2.75, 3.05) is 7.11 Å². The zero-order chi connectivity index (χ0) is 17.1. The van der Waals surface area contributed by atoms with Crippen LogP contribution in [-0.4, -0.2) is 27.7 Å². The van der Waals surface area contributed by atoms with Gasteiger partial charge in [0.2, 0.25) is 0 Å². The monoisotopic (exact) mass is 329 g/mol. The summed E-state index contributed by atoms with van der Waals surface area (Å²) in [4.78, 5) is 16.4. The highest BCUT2D eigenvalue weighted by Gasteiger charge is 2.22. The average molecular weight is 329 g/mol. The second-order valence-electron chi connectivity index (χ2n) is 6.12. The summed E-state index contributed by atoms with van der Waals surface area (Å²) in [6, 6.07) is 6.34. The normalized spacial score (nSPS) is 14.9. The Balaban J connectivity index is 1.77. The first-order valence-corrected chi connectivity index (χ1v) is 8.23. The molecule has 1 aromatic heterocycles. The number of aliphatic carboxylic acids is 1. The lowest BCUT2D eigenvalue weighted by molar-refractivity contribution is -0.139. The van der Waals surface area contributed by atoms with Crippen LogP contribution in [0.4, 0.5) is 0 Å². The Morgan fingerprint density at radius 2 is 2.21 bits per heavy atom. The zero-order valence-corrected chi connectivity index (χ0v) is 14.1. The van der Waals surface area contributed by atoms with Gasteiger partial charge in [-0.2, -0.15) is 0 Å². The Morgan fingerprint density at radius 3 is 2.92 bits per heavy atom. The van der Waals surface area contributed by atoms with Crippen molar-refractivity contribution in [3.63, 3.8) is 0 Å². The van der Waals surface area contributed by atoms with Gasteiger partial charge >= 0.3 is 5.97 Å². The van der Waals surface area contributed by atoms with Crippen molar-refractivity contribution < 1.29 is 14.6 Å². The minimum Gasteiger partial charge on any atom is -0.497 e. The molecule has 1 aromatic carbocycles. The van der Waals surface area contributed by atoms with Gasteiger partial charge in [0.05, 0.1) is 19.3 Å². The lowest BCUT2D eigenvalue weighted by Crippen LogP contribution is -2.29. The van der Waals surface area contributed by atoms with Crippen molar-refractivity contribution in [2.24, 2.45) is 7.05 Å². The second-order valence-corrected chi connectivity index (χ2v) is 6.12. The molecule has 0 bridgehead atoms. The van der Waals surface area contributed by atoms with Gasteiger partial charge in [-0.1, -0.05) is 12.1 Å². The Kier molecular flexibility index (Phi) is 4.85. The highest BCUT2D eigenvalue weighted by molar-refractivity contribution is 5.75. The summed E-state index contributed by atoms with van der Waals surface area (Å²) in [5, 5.41) is 12.7. The third kappa shape index (κ3) is 3.28. The number of benzene rings is 1. The van der Waals surface area contributed by atoms with E-state index in [4.69, 9.17) is 9.72 Å². The van der Waals surface area contributed by atoms with Gasteiger partial charge in [-0.25, -0.2) is 4.98 Å². The maximum absolute atomic E-state index is 11.7. The number of carbonyl (C=O) groups is 1. The molecular formula is C18H23N3O3. The predicted molar refractivity (Wildman–Crippen MR) is 90.1 cm³/mol. The van der Waals surface area contributed by atoms with E-state index in [9.17, 15) is 9.90 Å². The van der Waals surface area contributed by atoms with E-state index < -0.39 is 12.0 Å². The fourth-order valence-corrected chi connectivity index (χ4v) is 3.26. The second kappa shape index (κ2) is 7.05. The highest BCUT2D eigenvalue weighted by Crippen LogP contribution is 2.23. The lowest BCUT2D eigenvalue weighted by atomic mass is 10.0. The third-order valence-corrected chi connectivity index (χ3v) is 4.60. The summed E-state index contributed by atoms with van der Waals surface area (Å²) in [7, 11) is 3.58. The molecule has 0 spiro atoms. The topological polar surface area (TPSA) is 76.4 Å². The van der Waals surface area contributed by atoms with Crippen LogP contribution in [0, 0.1) is 0 Å². The Hall–Kier alpha value is -2.34. The van der Waals surface area contributed by atoms with E-state index in [0.29, 0.717) is 17.9 Å². The van der Waals surface area contributed by atoms with E-state index in [1.165, 1.54) is 18.5 Å². The number of hydrogen-bond acceptors (Lipinski definition) is 4. The molecule has 1 aliphatic rings. The quantitative estimate of drug-likeness (QED) is 0.850. The number of ether oxygens (including phenoxy) is 1. The van der Waals surface area contributed by atoms with Gasteiger partial charge in [-0.3, -0.25) is 10.1 Å². The molecule has 128 valence electrons. The van der Waals surface area contributed by atoms with Crippen LogP contribution in [-0.2, 0) is 31.2 Å². The first-order chi connectivity index (χ1) is 11.6. The molecule has 1 aliphatic carbocycles. The number of carboxylic acids is 1. The van der Waals surface area contributed by atoms with Crippen LogP contribution in [0.1, 0.15) is 41.7 Å². The van der Waals surface area contributed by atoms with Crippen LogP contribution in [0.25, 0.3) is 0 Å². The van der Waals surface area contributed by atoms with Crippen LogP contribution >= 0.6 is 0 Å². The predicted octanol–water partition coefficient (Wildman–Crippen LogP) is 2.22. The van der Waals surface area contributed by atoms with Gasteiger partial charge in [0.25, 0.3) is 0 Å². The molecule has 0 aliphatic heterocycles. The minimum atomic E-state index is -0.915. The van der Waals surface area contributed by atoms with Gasteiger partial charge in [-0.15, -0.1) is 0 Å². The highest BCUT2D eigenvalue weighted by atomic mass is 16.5. The van der Waals surface area contributed by atoms with Crippen LogP contribution < -0.4 is 10.1 Å². The summed E-state index contributed by atoms with van der Waals surface area (Å²) >= 11 is 0. The smallest absolute Gasteiger partial charge is 0.325 e. The molecule has 0 amide bonds. The molecule has 6 heteroatoms. The number of hydrogen-bond donors (Lipinski definition) is 2. The Morgan fingerprint density at radius 1 is 1.42 bits per heavy atom. The number of imidazole rings is 1. The van der Waals surface area contributed by atoms with Gasteiger partial charge < -0.3 is 14.4 Å². The zero-order valence-electron chi connectivity index (χ0n) is 14.1. The largest absolute Gasteiger partial charge is 0.497 e. The standard InChI is InChI=1S/C18H23N3O3/c1-21-15-9-4-3-8-14(15)20-16(21)11-19-17(18(22)23)12-6-5-7-13(10-12)24-2/h5-7,10,17,19H,3-4,8-9,11H2,1-2H3,(H,22,23). The van der Waals surface area contributed by atoms with Crippen molar-refractivity contribution in [3.05, 3.63) is 47.0 Å². The van der Waals surface area contributed by atoms with Crippen LogP contribution in [0.3, 0.4) is 0 Å². The summed E-state index contributed by atoms with van der Waals surface area (Å²) in [5.41, 5.74) is 3.11. The Bertz CT molecular complexity index is 739. The molecule has 24 heavy (non-hydrogen) atoms. The molecule has 1 unspecified atom stereocenters. The average Bonchev–Trinajstić information content (AvgIpc) is 2.91. The summed E-state index contributed by atoms with van der Waals surface area (Å²) < 4.78 is 7.29. The van der Waals surface area contributed by atoms with Crippen molar-refractivity contribution in [2.45, 2.75) is 38.3 Å². The van der Waals surface area contributed by atoms with Crippen LogP contribution in [0.5, 0.6) is 5.75 Å². The molecule has 0 fully saturated rings. The number of nitrogens with zero attached hydrogens (tertiary/aromatic N) is 2. The van der Waals surface area contributed by atoms with Crippen LogP contribution in [0.2, 0.25) is 0 Å². The van der Waals surface area contributed by atoms with E-state index in [1.807, 2.05) is 7.05 Å². The molecule has 6 nitrogen and oxygen atoms in total. The fourth-order valence-electron chi connectivity index (χ4n) is 3.26. The van der Waals surface area contributed by atoms with E-state index in [2.05, 4.69) is 9.88 Å². The number of carboxylic acid groups (broad SMARTS) is 1. The minimum absolute atomic E-state index is 0.414. The van der Waals surface area contributed by atoms with E-state index in [0.717, 1.165) is 24.4 Å². The third-order valence-electron chi connectivity index (χ3n) is 4.60. The van der Waals surface area contributed by atoms with Gasteiger partial charge in [0.1, 0.15) is 17.6 Å². The molecule has 2 aromatic rings. The van der Waals surface area contributed by atoms with Crippen LogP contribution in [0.15, 0.2) is 24.3 Å². The van der Waals surface area contributed by atoms with Crippen molar-refractivity contribution in [1.82, 2.24) is 14.9 Å². The maximum Gasteiger partial charge on any atom is 0.325 e. The first kappa shape index (κ1) is 16.5. The molecule has 1 atom stereocenters. The molecule has 0 saturated carbocycles. The number of nitrogens with one attached hydrogen (secondary N) is 1. The first-order valence-electron chi connectivity index (χ1n) is 8.23. The van der Waals surface area contributed by atoms with Crippen molar-refractivity contribution in [3.8, 4) is 5.75 Å². The summed E-state index contributed by atoms with van der Waals surface area (Å²) in [6.07, 6.45) is 4.44. The van der Waals surface area contributed by atoms with Gasteiger partial charge in [0.15, 0.2) is 0 Å². The number of rotatable bonds is 6. The lowest BCUT2D eigenvalue weighted by Gasteiger charge is -2.16. The molecule has 0 saturated heterocycles. The van der Waals surface area contributed by atoms with E-state index >= 15 is 0 Å². The summed E-state index contributed by atoms with van der Waals surface area (Å²) in [6.45, 7) is 0.414. The molecular weight excluding hydrogens is 306 g/mol. The number of aromatic nitrogens is 2. The summed E-state index contributed by atoms with van der Waals surface area (Å²) in [5.74, 6) is 0.617. The number of methoxy groups -OCH3 is 1.